The molecular formula is C12H14O3. The molecule has 0 aromatic heterocycles. The molecule has 3 nitrogen and oxygen atoms in total. The summed E-state index contributed by atoms with van der Waals surface area (Å²) >= 11 is 0. The van der Waals surface area contributed by atoms with Crippen LogP contribution in [0, 0.1) is 0 Å². The van der Waals surface area contributed by atoms with Gasteiger partial charge in [0.1, 0.15) is 6.29 Å². The normalized spacial score (nSPS) is 10.9. The van der Waals surface area contributed by atoms with Crippen molar-refractivity contribution in [3.8, 4) is 0 Å². The topological polar surface area (TPSA) is 43.4 Å². The van der Waals surface area contributed by atoms with E-state index in [0.29, 0.717) is 5.56 Å². The lowest BCUT2D eigenvalue weighted by molar-refractivity contribution is -0.146. The third-order valence-electron chi connectivity index (χ3n) is 2.46. The van der Waals surface area contributed by atoms with Gasteiger partial charge < -0.3 is 4.74 Å². The smallest absolute Gasteiger partial charge is 0.315 e. The highest BCUT2D eigenvalue weighted by atomic mass is 16.5. The molecule has 1 rings (SSSR count). The minimum absolute atomic E-state index is 0.290. The molecule has 0 saturated carbocycles. The average molecular weight is 206 g/mol. The number of carbonyl (C=O) groups is 2. The van der Waals surface area contributed by atoms with Crippen molar-refractivity contribution < 1.29 is 14.3 Å². The Hall–Kier alpha value is -1.64. The van der Waals surface area contributed by atoms with Crippen molar-refractivity contribution in [2.75, 3.05) is 7.11 Å². The van der Waals surface area contributed by atoms with E-state index in [0.717, 1.165) is 11.8 Å². The van der Waals surface area contributed by atoms with E-state index >= 15 is 0 Å². The molecule has 0 N–H and O–H groups in total. The Morgan fingerprint density at radius 1 is 1.27 bits per heavy atom. The van der Waals surface area contributed by atoms with Gasteiger partial charge in [-0.05, 0) is 19.4 Å². The molecule has 0 saturated heterocycles. The molecule has 0 bridgehead atoms. The van der Waals surface area contributed by atoms with Gasteiger partial charge >= 0.3 is 5.97 Å². The van der Waals surface area contributed by atoms with Gasteiger partial charge in [0, 0.05) is 5.56 Å². The highest BCUT2D eigenvalue weighted by molar-refractivity contribution is 5.82. The van der Waals surface area contributed by atoms with Crippen molar-refractivity contribution >= 4 is 12.3 Å². The number of methoxy groups -OCH3 is 1. The number of hydrogen-bond acceptors (Lipinski definition) is 3. The zero-order valence-corrected chi connectivity index (χ0v) is 9.11. The van der Waals surface area contributed by atoms with Crippen molar-refractivity contribution in [2.45, 2.75) is 19.3 Å². The molecule has 80 valence electrons. The molecule has 1 aromatic rings. The Morgan fingerprint density at radius 2 is 1.80 bits per heavy atom. The Bertz CT molecular complexity index is 363. The van der Waals surface area contributed by atoms with E-state index in [1.807, 2.05) is 0 Å². The molecule has 0 unspecified atom stereocenters. The molecule has 0 spiro atoms. The maximum atomic E-state index is 11.5. The standard InChI is InChI=1S/C12H14O3/c1-12(2,11(14)15-3)10-6-4-9(8-13)5-7-10/h4-8H,1-3H3. The van der Waals surface area contributed by atoms with Crippen molar-refractivity contribution in [1.29, 1.82) is 0 Å². The third kappa shape index (κ3) is 2.24. The van der Waals surface area contributed by atoms with E-state index in [1.54, 1.807) is 38.1 Å². The predicted octanol–water partition coefficient (Wildman–Crippen LogP) is 1.95. The summed E-state index contributed by atoms with van der Waals surface area (Å²) in [5.41, 5.74) is 0.746. The van der Waals surface area contributed by atoms with Gasteiger partial charge in [-0.15, -0.1) is 0 Å². The number of ether oxygens (including phenoxy) is 1. The summed E-state index contributed by atoms with van der Waals surface area (Å²) in [6, 6.07) is 6.90. The summed E-state index contributed by atoms with van der Waals surface area (Å²) in [5.74, 6) is -0.290. The number of esters is 1. The first-order valence-electron chi connectivity index (χ1n) is 4.66. The monoisotopic (exact) mass is 206 g/mol. The zero-order valence-electron chi connectivity index (χ0n) is 9.11. The Labute approximate surface area is 89.1 Å². The molecular weight excluding hydrogens is 192 g/mol. The summed E-state index contributed by atoms with van der Waals surface area (Å²) in [6.45, 7) is 3.57. The Kier molecular flexibility index (Phi) is 3.24. The lowest BCUT2D eigenvalue weighted by Crippen LogP contribution is -2.30. The quantitative estimate of drug-likeness (QED) is 0.560. The van der Waals surface area contributed by atoms with E-state index in [1.165, 1.54) is 7.11 Å². The van der Waals surface area contributed by atoms with Gasteiger partial charge in [-0.3, -0.25) is 9.59 Å². The highest BCUT2D eigenvalue weighted by Crippen LogP contribution is 2.24. The van der Waals surface area contributed by atoms with Crippen molar-refractivity contribution in [3.63, 3.8) is 0 Å². The summed E-state index contributed by atoms with van der Waals surface area (Å²) in [5, 5.41) is 0. The highest BCUT2D eigenvalue weighted by Gasteiger charge is 2.30. The van der Waals surface area contributed by atoms with Gasteiger partial charge in [0.15, 0.2) is 0 Å². The van der Waals surface area contributed by atoms with Crippen LogP contribution in [0.4, 0.5) is 0 Å². The number of hydrogen-bond donors (Lipinski definition) is 0. The molecule has 0 heterocycles. The maximum absolute atomic E-state index is 11.5. The van der Waals surface area contributed by atoms with E-state index in [2.05, 4.69) is 0 Å². The van der Waals surface area contributed by atoms with E-state index in [-0.39, 0.29) is 5.97 Å². The average Bonchev–Trinajstić information content (AvgIpc) is 2.28. The van der Waals surface area contributed by atoms with E-state index < -0.39 is 5.41 Å². The molecule has 1 aromatic carbocycles. The SMILES string of the molecule is COC(=O)C(C)(C)c1ccc(C=O)cc1. The molecule has 0 aliphatic carbocycles. The summed E-state index contributed by atoms with van der Waals surface area (Å²) in [4.78, 5) is 22.0. The van der Waals surface area contributed by atoms with Crippen LogP contribution in [0.15, 0.2) is 24.3 Å². The molecule has 0 atom stereocenters. The van der Waals surface area contributed by atoms with Gasteiger partial charge in [0.25, 0.3) is 0 Å². The molecule has 0 amide bonds. The van der Waals surface area contributed by atoms with Gasteiger partial charge in [0.05, 0.1) is 12.5 Å². The second-order valence-electron chi connectivity index (χ2n) is 3.86. The van der Waals surface area contributed by atoms with Crippen molar-refractivity contribution in [1.82, 2.24) is 0 Å². The molecule has 0 aliphatic heterocycles. The molecule has 15 heavy (non-hydrogen) atoms. The van der Waals surface area contributed by atoms with Crippen LogP contribution in [0.2, 0.25) is 0 Å². The van der Waals surface area contributed by atoms with Crippen LogP contribution < -0.4 is 0 Å². The van der Waals surface area contributed by atoms with Crippen molar-refractivity contribution in [3.05, 3.63) is 35.4 Å². The van der Waals surface area contributed by atoms with Crippen LogP contribution in [-0.4, -0.2) is 19.4 Å². The first-order chi connectivity index (χ1) is 7.02. The predicted molar refractivity (Wildman–Crippen MR) is 56.9 cm³/mol. The van der Waals surface area contributed by atoms with Crippen molar-refractivity contribution in [2.24, 2.45) is 0 Å². The van der Waals surface area contributed by atoms with Gasteiger partial charge in [-0.2, -0.15) is 0 Å². The first kappa shape index (κ1) is 11.4. The number of aldehydes is 1. The summed E-state index contributed by atoms with van der Waals surface area (Å²) in [7, 11) is 1.36. The van der Waals surface area contributed by atoms with Crippen LogP contribution in [0.25, 0.3) is 0 Å². The van der Waals surface area contributed by atoms with Crippen LogP contribution in [0.1, 0.15) is 29.8 Å². The van der Waals surface area contributed by atoms with E-state index in [9.17, 15) is 9.59 Å². The lowest BCUT2D eigenvalue weighted by atomic mass is 9.84. The van der Waals surface area contributed by atoms with Crippen LogP contribution in [0.5, 0.6) is 0 Å². The lowest BCUT2D eigenvalue weighted by Gasteiger charge is -2.21. The minimum atomic E-state index is -0.684. The first-order valence-corrected chi connectivity index (χ1v) is 4.66. The minimum Gasteiger partial charge on any atom is -0.468 e. The largest absolute Gasteiger partial charge is 0.468 e. The molecule has 0 radical (unpaired) electrons. The zero-order chi connectivity index (χ0) is 11.5. The summed E-state index contributed by atoms with van der Waals surface area (Å²) in [6.07, 6.45) is 0.773. The van der Waals surface area contributed by atoms with E-state index in [4.69, 9.17) is 4.74 Å². The summed E-state index contributed by atoms with van der Waals surface area (Å²) < 4.78 is 4.72. The van der Waals surface area contributed by atoms with Crippen LogP contribution in [0.3, 0.4) is 0 Å². The van der Waals surface area contributed by atoms with Crippen LogP contribution in [-0.2, 0) is 14.9 Å². The van der Waals surface area contributed by atoms with Crippen LogP contribution >= 0.6 is 0 Å². The number of carbonyl (C=O) groups excluding carboxylic acids is 2. The Morgan fingerprint density at radius 3 is 2.20 bits per heavy atom. The maximum Gasteiger partial charge on any atom is 0.315 e. The second kappa shape index (κ2) is 4.26. The third-order valence-corrected chi connectivity index (χ3v) is 2.46. The number of benzene rings is 1. The fourth-order valence-corrected chi connectivity index (χ4v) is 1.35. The molecule has 3 heteroatoms. The molecule has 0 aliphatic rings. The van der Waals surface area contributed by atoms with Gasteiger partial charge in [0.2, 0.25) is 0 Å². The Balaban J connectivity index is 3.05. The fraction of sp³-hybridized carbons (Fsp3) is 0.333. The van der Waals surface area contributed by atoms with Gasteiger partial charge in [-0.1, -0.05) is 24.3 Å². The molecule has 0 fully saturated rings. The number of rotatable bonds is 3. The fourth-order valence-electron chi connectivity index (χ4n) is 1.35. The second-order valence-corrected chi connectivity index (χ2v) is 3.86. The van der Waals surface area contributed by atoms with Gasteiger partial charge in [-0.25, -0.2) is 0 Å².